The van der Waals surface area contributed by atoms with Gasteiger partial charge < -0.3 is 20.3 Å². The summed E-state index contributed by atoms with van der Waals surface area (Å²) in [5.41, 5.74) is 0. The SMILES string of the molecule is CC(C)C(O)CNCC(O)COc1ccc(Cl)cc1. The third kappa shape index (κ3) is 6.78. The number of halogens is 1. The molecule has 0 saturated carbocycles. The van der Waals surface area contributed by atoms with E-state index in [2.05, 4.69) is 5.32 Å². The molecule has 5 heteroatoms. The zero-order chi connectivity index (χ0) is 14.3. The Kier molecular flexibility index (Phi) is 7.16. The first kappa shape index (κ1) is 16.2. The Morgan fingerprint density at radius 1 is 1.16 bits per heavy atom. The van der Waals surface area contributed by atoms with Gasteiger partial charge in [-0.15, -0.1) is 0 Å². The maximum absolute atomic E-state index is 9.72. The van der Waals surface area contributed by atoms with E-state index in [4.69, 9.17) is 16.3 Å². The molecule has 2 atom stereocenters. The van der Waals surface area contributed by atoms with Crippen molar-refractivity contribution in [2.24, 2.45) is 5.92 Å². The summed E-state index contributed by atoms with van der Waals surface area (Å²) >= 11 is 5.76. The molecule has 108 valence electrons. The van der Waals surface area contributed by atoms with Gasteiger partial charge in [0.05, 0.1) is 6.10 Å². The first-order valence-electron chi connectivity index (χ1n) is 6.44. The van der Waals surface area contributed by atoms with Crippen LogP contribution in [-0.4, -0.2) is 42.1 Å². The smallest absolute Gasteiger partial charge is 0.119 e. The van der Waals surface area contributed by atoms with Crippen molar-refractivity contribution in [1.29, 1.82) is 0 Å². The van der Waals surface area contributed by atoms with Crippen molar-refractivity contribution in [3.05, 3.63) is 29.3 Å². The Balaban J connectivity index is 2.17. The number of hydrogen-bond acceptors (Lipinski definition) is 4. The van der Waals surface area contributed by atoms with Gasteiger partial charge in [-0.25, -0.2) is 0 Å². The van der Waals surface area contributed by atoms with Crippen molar-refractivity contribution in [3.63, 3.8) is 0 Å². The molecular weight excluding hydrogens is 266 g/mol. The van der Waals surface area contributed by atoms with Crippen molar-refractivity contribution in [3.8, 4) is 5.75 Å². The summed E-state index contributed by atoms with van der Waals surface area (Å²) in [6.07, 6.45) is -1.01. The van der Waals surface area contributed by atoms with Gasteiger partial charge in [0.15, 0.2) is 0 Å². The highest BCUT2D eigenvalue weighted by Crippen LogP contribution is 2.15. The van der Waals surface area contributed by atoms with Crippen molar-refractivity contribution in [1.82, 2.24) is 5.32 Å². The molecule has 3 N–H and O–H groups in total. The van der Waals surface area contributed by atoms with Crippen molar-refractivity contribution < 1.29 is 14.9 Å². The van der Waals surface area contributed by atoms with E-state index in [9.17, 15) is 10.2 Å². The third-order valence-electron chi connectivity index (χ3n) is 2.76. The van der Waals surface area contributed by atoms with Crippen LogP contribution in [0.5, 0.6) is 5.75 Å². The van der Waals surface area contributed by atoms with Crippen LogP contribution >= 0.6 is 11.6 Å². The summed E-state index contributed by atoms with van der Waals surface area (Å²) in [6.45, 7) is 4.96. The second-order valence-electron chi connectivity index (χ2n) is 4.89. The van der Waals surface area contributed by atoms with Crippen LogP contribution in [0.1, 0.15) is 13.8 Å². The number of hydrogen-bond donors (Lipinski definition) is 3. The monoisotopic (exact) mass is 287 g/mol. The number of aliphatic hydroxyl groups is 2. The lowest BCUT2D eigenvalue weighted by molar-refractivity contribution is 0.0908. The van der Waals surface area contributed by atoms with E-state index in [1.807, 2.05) is 13.8 Å². The maximum atomic E-state index is 9.72. The minimum atomic E-state index is -0.616. The lowest BCUT2D eigenvalue weighted by Gasteiger charge is -2.17. The molecule has 0 aliphatic rings. The quantitative estimate of drug-likeness (QED) is 0.681. The van der Waals surface area contributed by atoms with E-state index in [1.54, 1.807) is 24.3 Å². The number of rotatable bonds is 8. The normalized spacial score (nSPS) is 14.4. The highest BCUT2D eigenvalue weighted by molar-refractivity contribution is 6.30. The van der Waals surface area contributed by atoms with E-state index in [1.165, 1.54) is 0 Å². The van der Waals surface area contributed by atoms with Gasteiger partial charge in [0.25, 0.3) is 0 Å². The maximum Gasteiger partial charge on any atom is 0.119 e. The summed E-state index contributed by atoms with van der Waals surface area (Å²) < 4.78 is 5.42. The summed E-state index contributed by atoms with van der Waals surface area (Å²) in [6, 6.07) is 6.98. The van der Waals surface area contributed by atoms with E-state index in [0.717, 1.165) is 0 Å². The lowest BCUT2D eigenvalue weighted by Crippen LogP contribution is -2.37. The predicted molar refractivity (Wildman–Crippen MR) is 76.7 cm³/mol. The molecule has 0 aliphatic heterocycles. The molecule has 0 aromatic heterocycles. The minimum absolute atomic E-state index is 0.201. The molecule has 0 radical (unpaired) electrons. The molecule has 0 amide bonds. The number of nitrogens with one attached hydrogen (secondary N) is 1. The van der Waals surface area contributed by atoms with Crippen LogP contribution in [-0.2, 0) is 0 Å². The Morgan fingerprint density at radius 3 is 2.37 bits per heavy atom. The minimum Gasteiger partial charge on any atom is -0.491 e. The second-order valence-corrected chi connectivity index (χ2v) is 5.32. The van der Waals surface area contributed by atoms with Gasteiger partial charge in [-0.1, -0.05) is 25.4 Å². The molecule has 1 aromatic rings. The van der Waals surface area contributed by atoms with Crippen LogP contribution in [0.25, 0.3) is 0 Å². The summed E-state index contributed by atoms with van der Waals surface area (Å²) in [5.74, 6) is 0.876. The second kappa shape index (κ2) is 8.38. The van der Waals surface area contributed by atoms with Crippen molar-refractivity contribution >= 4 is 11.6 Å². The highest BCUT2D eigenvalue weighted by Gasteiger charge is 2.10. The lowest BCUT2D eigenvalue weighted by atomic mass is 10.1. The van der Waals surface area contributed by atoms with Gasteiger partial charge in [-0.05, 0) is 30.2 Å². The molecule has 1 rings (SSSR count). The molecular formula is C14H22ClNO3. The average molecular weight is 288 g/mol. The van der Waals surface area contributed by atoms with Crippen LogP contribution in [0.3, 0.4) is 0 Å². The van der Waals surface area contributed by atoms with E-state index < -0.39 is 12.2 Å². The van der Waals surface area contributed by atoms with Gasteiger partial charge in [-0.2, -0.15) is 0 Å². The van der Waals surface area contributed by atoms with Gasteiger partial charge in [0.2, 0.25) is 0 Å². The molecule has 0 spiro atoms. The molecule has 0 heterocycles. The first-order chi connectivity index (χ1) is 8.99. The van der Waals surface area contributed by atoms with E-state index >= 15 is 0 Å². The Bertz CT molecular complexity index is 356. The molecule has 4 nitrogen and oxygen atoms in total. The molecule has 2 unspecified atom stereocenters. The Morgan fingerprint density at radius 2 is 1.79 bits per heavy atom. The van der Waals surface area contributed by atoms with Gasteiger partial charge in [0.1, 0.15) is 18.5 Å². The topological polar surface area (TPSA) is 61.7 Å². The summed E-state index contributed by atoms with van der Waals surface area (Å²) in [4.78, 5) is 0. The van der Waals surface area contributed by atoms with E-state index in [-0.39, 0.29) is 12.5 Å². The first-order valence-corrected chi connectivity index (χ1v) is 6.82. The zero-order valence-electron chi connectivity index (χ0n) is 11.3. The van der Waals surface area contributed by atoms with Crippen LogP contribution in [0.4, 0.5) is 0 Å². The summed E-state index contributed by atoms with van der Waals surface area (Å²) in [7, 11) is 0. The fraction of sp³-hybridized carbons (Fsp3) is 0.571. The fourth-order valence-electron chi connectivity index (χ4n) is 1.42. The predicted octanol–water partition coefficient (Wildman–Crippen LogP) is 1.69. The molecule has 0 aliphatic carbocycles. The fourth-order valence-corrected chi connectivity index (χ4v) is 1.54. The largest absolute Gasteiger partial charge is 0.491 e. The number of benzene rings is 1. The number of aliphatic hydroxyl groups excluding tert-OH is 2. The highest BCUT2D eigenvalue weighted by atomic mass is 35.5. The average Bonchev–Trinajstić information content (AvgIpc) is 2.37. The third-order valence-corrected chi connectivity index (χ3v) is 3.01. The molecule has 1 aromatic carbocycles. The van der Waals surface area contributed by atoms with Crippen LogP contribution < -0.4 is 10.1 Å². The van der Waals surface area contributed by atoms with Crippen LogP contribution in [0.2, 0.25) is 5.02 Å². The molecule has 0 saturated heterocycles. The van der Waals surface area contributed by atoms with Gasteiger partial charge >= 0.3 is 0 Å². The van der Waals surface area contributed by atoms with E-state index in [0.29, 0.717) is 23.9 Å². The zero-order valence-corrected chi connectivity index (χ0v) is 12.1. The van der Waals surface area contributed by atoms with Gasteiger partial charge in [-0.3, -0.25) is 0 Å². The molecule has 0 bridgehead atoms. The number of ether oxygens (including phenoxy) is 1. The summed E-state index contributed by atoms with van der Waals surface area (Å²) in [5, 5.41) is 23.0. The standard InChI is InChI=1S/C14H22ClNO3/c1-10(2)14(18)8-16-7-12(17)9-19-13-5-3-11(15)4-6-13/h3-6,10,12,14,16-18H,7-9H2,1-2H3. The van der Waals surface area contributed by atoms with Crippen LogP contribution in [0, 0.1) is 5.92 Å². The van der Waals surface area contributed by atoms with Crippen LogP contribution in [0.15, 0.2) is 24.3 Å². The Hall–Kier alpha value is -0.810. The Labute approximate surface area is 119 Å². The van der Waals surface area contributed by atoms with Gasteiger partial charge in [0, 0.05) is 18.1 Å². The van der Waals surface area contributed by atoms with Crippen molar-refractivity contribution in [2.75, 3.05) is 19.7 Å². The molecule has 19 heavy (non-hydrogen) atoms. The van der Waals surface area contributed by atoms with Crippen molar-refractivity contribution in [2.45, 2.75) is 26.1 Å². The molecule has 0 fully saturated rings.